The third-order valence-corrected chi connectivity index (χ3v) is 2.75. The summed E-state index contributed by atoms with van der Waals surface area (Å²) in [7, 11) is 0. The minimum atomic E-state index is -0.141. The Balaban J connectivity index is 2.77. The van der Waals surface area contributed by atoms with Crippen LogP contribution in [-0.2, 0) is 0 Å². The van der Waals surface area contributed by atoms with Crippen molar-refractivity contribution < 1.29 is 4.74 Å². The lowest BCUT2D eigenvalue weighted by Gasteiger charge is -2.27. The molecule has 0 aliphatic heterocycles. The Labute approximate surface area is 90.3 Å². The Morgan fingerprint density at radius 1 is 1.36 bits per heavy atom. The Morgan fingerprint density at radius 3 is 2.50 bits per heavy atom. The van der Waals surface area contributed by atoms with Gasteiger partial charge in [-0.3, -0.25) is 0 Å². The van der Waals surface area contributed by atoms with Crippen LogP contribution in [0, 0.1) is 0 Å². The Kier molecular flexibility index (Phi) is 3.76. The van der Waals surface area contributed by atoms with Crippen LogP contribution in [0.1, 0.15) is 33.6 Å². The van der Waals surface area contributed by atoms with Crippen molar-refractivity contribution in [3.05, 3.63) is 23.4 Å². The van der Waals surface area contributed by atoms with Crippen molar-refractivity contribution in [3.8, 4) is 5.88 Å². The van der Waals surface area contributed by atoms with Crippen LogP contribution in [0.25, 0.3) is 0 Å². The molecule has 78 valence electrons. The van der Waals surface area contributed by atoms with Crippen LogP contribution in [0.2, 0.25) is 5.15 Å². The number of pyridine rings is 1. The maximum atomic E-state index is 5.79. The molecule has 0 saturated carbocycles. The van der Waals surface area contributed by atoms with Crippen molar-refractivity contribution in [3.63, 3.8) is 0 Å². The summed E-state index contributed by atoms with van der Waals surface area (Å²) in [6, 6.07) is 5.41. The zero-order chi connectivity index (χ0) is 10.6. The maximum absolute atomic E-state index is 5.79. The molecule has 0 aromatic carbocycles. The maximum Gasteiger partial charge on any atom is 0.215 e. The molecule has 0 aliphatic rings. The van der Waals surface area contributed by atoms with E-state index < -0.39 is 0 Å². The molecular weight excluding hydrogens is 198 g/mol. The highest BCUT2D eigenvalue weighted by Gasteiger charge is 2.21. The van der Waals surface area contributed by atoms with E-state index in [1.54, 1.807) is 6.07 Å². The first-order valence-corrected chi connectivity index (χ1v) is 5.29. The van der Waals surface area contributed by atoms with Gasteiger partial charge >= 0.3 is 0 Å². The third kappa shape index (κ3) is 2.88. The fourth-order valence-corrected chi connectivity index (χ4v) is 1.25. The van der Waals surface area contributed by atoms with Gasteiger partial charge in [0.15, 0.2) is 0 Å². The molecular formula is C11H16ClNO. The van der Waals surface area contributed by atoms with E-state index in [0.29, 0.717) is 11.0 Å². The normalized spacial score (nSPS) is 11.4. The molecule has 1 aromatic rings. The predicted molar refractivity (Wildman–Crippen MR) is 58.9 cm³/mol. The standard InChI is InChI=1S/C11H16ClNO/c1-4-11(3,5-2)14-10-8-6-7-9(12)13-10/h6-8H,4-5H2,1-3H3. The molecule has 3 heteroatoms. The number of hydrogen-bond donors (Lipinski definition) is 0. The van der Waals surface area contributed by atoms with Crippen LogP contribution in [0.5, 0.6) is 5.88 Å². The average molecular weight is 214 g/mol. The van der Waals surface area contributed by atoms with Gasteiger partial charge in [-0.05, 0) is 25.8 Å². The first-order chi connectivity index (χ1) is 6.59. The van der Waals surface area contributed by atoms with Crippen molar-refractivity contribution in [1.82, 2.24) is 4.98 Å². The highest BCUT2D eigenvalue weighted by Crippen LogP contribution is 2.23. The predicted octanol–water partition coefficient (Wildman–Crippen LogP) is 3.69. The number of aromatic nitrogens is 1. The van der Waals surface area contributed by atoms with Crippen LogP contribution in [0.4, 0.5) is 0 Å². The summed E-state index contributed by atoms with van der Waals surface area (Å²) in [5.74, 6) is 0.601. The summed E-state index contributed by atoms with van der Waals surface area (Å²) < 4.78 is 5.79. The van der Waals surface area contributed by atoms with Crippen LogP contribution < -0.4 is 4.74 Å². The summed E-state index contributed by atoms with van der Waals surface area (Å²) >= 11 is 5.77. The van der Waals surface area contributed by atoms with E-state index >= 15 is 0 Å². The molecule has 0 aliphatic carbocycles. The Hall–Kier alpha value is -0.760. The van der Waals surface area contributed by atoms with Crippen molar-refractivity contribution >= 4 is 11.6 Å². The van der Waals surface area contributed by atoms with Gasteiger partial charge in [0.1, 0.15) is 10.8 Å². The van der Waals surface area contributed by atoms with E-state index in [1.807, 2.05) is 12.1 Å². The zero-order valence-electron chi connectivity index (χ0n) is 8.88. The summed E-state index contributed by atoms with van der Waals surface area (Å²) in [5.41, 5.74) is -0.141. The van der Waals surface area contributed by atoms with E-state index in [4.69, 9.17) is 16.3 Å². The summed E-state index contributed by atoms with van der Waals surface area (Å²) in [5, 5.41) is 0.469. The molecule has 0 radical (unpaired) electrons. The lowest BCUT2D eigenvalue weighted by molar-refractivity contribution is 0.0748. The molecule has 1 rings (SSSR count). The fraction of sp³-hybridized carbons (Fsp3) is 0.545. The lowest BCUT2D eigenvalue weighted by atomic mass is 10.0. The molecule has 0 spiro atoms. The van der Waals surface area contributed by atoms with Gasteiger partial charge in [0.2, 0.25) is 5.88 Å². The quantitative estimate of drug-likeness (QED) is 0.712. The van der Waals surface area contributed by atoms with Gasteiger partial charge in [-0.1, -0.05) is 31.5 Å². The zero-order valence-corrected chi connectivity index (χ0v) is 9.64. The van der Waals surface area contributed by atoms with Crippen molar-refractivity contribution in [2.75, 3.05) is 0 Å². The van der Waals surface area contributed by atoms with Crippen LogP contribution in [0.3, 0.4) is 0 Å². The minimum absolute atomic E-state index is 0.141. The second-order valence-corrected chi connectivity index (χ2v) is 3.94. The van der Waals surface area contributed by atoms with Gasteiger partial charge in [-0.2, -0.15) is 0 Å². The smallest absolute Gasteiger partial charge is 0.215 e. The second kappa shape index (κ2) is 4.65. The Morgan fingerprint density at radius 2 is 2.00 bits per heavy atom. The van der Waals surface area contributed by atoms with E-state index in [-0.39, 0.29) is 5.60 Å². The van der Waals surface area contributed by atoms with E-state index in [2.05, 4.69) is 25.8 Å². The van der Waals surface area contributed by atoms with Crippen LogP contribution in [0.15, 0.2) is 18.2 Å². The van der Waals surface area contributed by atoms with Gasteiger partial charge < -0.3 is 4.74 Å². The number of ether oxygens (including phenoxy) is 1. The highest BCUT2D eigenvalue weighted by atomic mass is 35.5. The molecule has 0 N–H and O–H groups in total. The van der Waals surface area contributed by atoms with Gasteiger partial charge in [0.25, 0.3) is 0 Å². The summed E-state index contributed by atoms with van der Waals surface area (Å²) in [6.07, 6.45) is 1.91. The van der Waals surface area contributed by atoms with E-state index in [1.165, 1.54) is 0 Å². The number of nitrogens with zero attached hydrogens (tertiary/aromatic N) is 1. The van der Waals surface area contributed by atoms with Gasteiger partial charge in [0.05, 0.1) is 0 Å². The monoisotopic (exact) mass is 213 g/mol. The van der Waals surface area contributed by atoms with Crippen molar-refractivity contribution in [2.24, 2.45) is 0 Å². The molecule has 0 bridgehead atoms. The highest BCUT2D eigenvalue weighted by molar-refractivity contribution is 6.29. The van der Waals surface area contributed by atoms with Crippen molar-refractivity contribution in [2.45, 2.75) is 39.2 Å². The van der Waals surface area contributed by atoms with Crippen molar-refractivity contribution in [1.29, 1.82) is 0 Å². The average Bonchev–Trinajstić information content (AvgIpc) is 2.18. The lowest BCUT2D eigenvalue weighted by Crippen LogP contribution is -2.30. The number of halogens is 1. The first kappa shape index (κ1) is 11.3. The number of hydrogen-bond acceptors (Lipinski definition) is 2. The molecule has 0 unspecified atom stereocenters. The molecule has 2 nitrogen and oxygen atoms in total. The molecule has 14 heavy (non-hydrogen) atoms. The molecule has 0 saturated heterocycles. The molecule has 0 amide bonds. The SMILES string of the molecule is CCC(C)(CC)Oc1cccc(Cl)n1. The molecule has 1 aromatic heterocycles. The minimum Gasteiger partial charge on any atom is -0.471 e. The van der Waals surface area contributed by atoms with Gasteiger partial charge in [-0.25, -0.2) is 4.98 Å². The summed E-state index contributed by atoms with van der Waals surface area (Å²) in [4.78, 5) is 4.10. The molecule has 0 atom stereocenters. The first-order valence-electron chi connectivity index (χ1n) is 4.91. The van der Waals surface area contributed by atoms with E-state index in [0.717, 1.165) is 12.8 Å². The van der Waals surface area contributed by atoms with Gasteiger partial charge in [-0.15, -0.1) is 0 Å². The largest absolute Gasteiger partial charge is 0.471 e. The van der Waals surface area contributed by atoms with E-state index in [9.17, 15) is 0 Å². The number of rotatable bonds is 4. The fourth-order valence-electron chi connectivity index (χ4n) is 1.09. The second-order valence-electron chi connectivity index (χ2n) is 3.56. The summed E-state index contributed by atoms with van der Waals surface area (Å²) in [6.45, 7) is 6.29. The topological polar surface area (TPSA) is 22.1 Å². The van der Waals surface area contributed by atoms with Crippen LogP contribution in [-0.4, -0.2) is 10.6 Å². The van der Waals surface area contributed by atoms with Crippen LogP contribution >= 0.6 is 11.6 Å². The molecule has 0 fully saturated rings. The third-order valence-electron chi connectivity index (χ3n) is 2.54. The Bertz CT molecular complexity index is 297. The molecule has 1 heterocycles. The van der Waals surface area contributed by atoms with Gasteiger partial charge in [0, 0.05) is 6.07 Å².